The lowest BCUT2D eigenvalue weighted by Gasteiger charge is -2.10. The van der Waals surface area contributed by atoms with Crippen LogP contribution in [0, 0.1) is 11.3 Å². The first-order valence-electron chi connectivity index (χ1n) is 5.08. The minimum Gasteiger partial charge on any atom is -0.466 e. The molecule has 0 aliphatic rings. The van der Waals surface area contributed by atoms with Crippen LogP contribution in [0.5, 0.6) is 0 Å². The Morgan fingerprint density at radius 3 is 2.76 bits per heavy atom. The Kier molecular flexibility index (Phi) is 5.27. The van der Waals surface area contributed by atoms with Crippen molar-refractivity contribution in [3.63, 3.8) is 0 Å². The van der Waals surface area contributed by atoms with E-state index in [9.17, 15) is 4.79 Å². The second kappa shape index (κ2) is 6.48. The zero-order valence-electron chi connectivity index (χ0n) is 9.24. The van der Waals surface area contributed by atoms with Gasteiger partial charge in [0, 0.05) is 10.0 Å². The minimum absolute atomic E-state index is 0.00824. The van der Waals surface area contributed by atoms with Crippen molar-refractivity contribution in [2.75, 3.05) is 6.61 Å². The van der Waals surface area contributed by atoms with Crippen molar-refractivity contribution in [3.05, 3.63) is 33.8 Å². The Hall–Kier alpha value is -1.24. The van der Waals surface area contributed by atoms with E-state index in [4.69, 9.17) is 33.2 Å². The maximum Gasteiger partial charge on any atom is 0.307 e. The molecular weight excluding hydrogens is 261 g/mol. The molecule has 0 aromatic heterocycles. The van der Waals surface area contributed by atoms with Gasteiger partial charge in [0.2, 0.25) is 0 Å². The topological polar surface area (TPSA) is 50.1 Å². The highest BCUT2D eigenvalue weighted by Crippen LogP contribution is 2.29. The minimum atomic E-state index is -0.612. The molecule has 0 radical (unpaired) electrons. The number of nitriles is 1. The lowest BCUT2D eigenvalue weighted by atomic mass is 9.97. The van der Waals surface area contributed by atoms with Crippen molar-refractivity contribution in [1.82, 2.24) is 0 Å². The lowest BCUT2D eigenvalue weighted by molar-refractivity contribution is -0.143. The molecule has 0 saturated carbocycles. The lowest BCUT2D eigenvalue weighted by Crippen LogP contribution is -2.09. The van der Waals surface area contributed by atoms with Crippen LogP contribution in [-0.2, 0) is 9.53 Å². The van der Waals surface area contributed by atoms with Crippen molar-refractivity contribution >= 4 is 29.2 Å². The van der Waals surface area contributed by atoms with Crippen LogP contribution in [-0.4, -0.2) is 12.6 Å². The Balaban J connectivity index is 2.87. The van der Waals surface area contributed by atoms with Crippen LogP contribution in [0.25, 0.3) is 0 Å². The molecule has 0 bridgehead atoms. The normalized spacial score (nSPS) is 11.6. The molecule has 90 valence electrons. The van der Waals surface area contributed by atoms with E-state index in [0.717, 1.165) is 0 Å². The summed E-state index contributed by atoms with van der Waals surface area (Å²) in [7, 11) is 0. The molecule has 0 heterocycles. The Bertz CT molecular complexity index is 454. The van der Waals surface area contributed by atoms with Crippen molar-refractivity contribution < 1.29 is 9.53 Å². The molecule has 0 aliphatic heterocycles. The number of hydrogen-bond acceptors (Lipinski definition) is 3. The Morgan fingerprint density at radius 1 is 1.53 bits per heavy atom. The summed E-state index contributed by atoms with van der Waals surface area (Å²) in [5, 5.41) is 9.92. The zero-order chi connectivity index (χ0) is 12.8. The Labute approximate surface area is 110 Å². The summed E-state index contributed by atoms with van der Waals surface area (Å²) >= 11 is 11.7. The quantitative estimate of drug-likeness (QED) is 0.787. The van der Waals surface area contributed by atoms with Gasteiger partial charge in [-0.2, -0.15) is 5.26 Å². The first-order valence-corrected chi connectivity index (χ1v) is 5.84. The van der Waals surface area contributed by atoms with E-state index in [1.54, 1.807) is 25.1 Å². The van der Waals surface area contributed by atoms with Crippen molar-refractivity contribution in [2.24, 2.45) is 0 Å². The summed E-state index contributed by atoms with van der Waals surface area (Å²) in [5.41, 5.74) is 0.589. The van der Waals surface area contributed by atoms with Crippen LogP contribution in [0.3, 0.4) is 0 Å². The fourth-order valence-corrected chi connectivity index (χ4v) is 1.94. The number of benzene rings is 1. The zero-order valence-corrected chi connectivity index (χ0v) is 10.8. The molecule has 0 aliphatic carbocycles. The molecule has 1 rings (SSSR count). The molecule has 1 atom stereocenters. The molecule has 1 unspecified atom stereocenters. The summed E-state index contributed by atoms with van der Waals surface area (Å²) in [6, 6.07) is 6.88. The molecular formula is C12H11Cl2NO2. The van der Waals surface area contributed by atoms with Crippen LogP contribution >= 0.6 is 23.2 Å². The highest BCUT2D eigenvalue weighted by molar-refractivity contribution is 6.35. The van der Waals surface area contributed by atoms with Crippen LogP contribution in [0.1, 0.15) is 24.8 Å². The number of ether oxygens (including phenoxy) is 1. The number of halogens is 2. The number of carbonyl (C=O) groups is 1. The standard InChI is InChI=1S/C12H11Cl2NO2/c1-2-17-12(16)5-8(7-15)10-4-3-9(13)6-11(10)14/h3-4,6,8H,2,5H2,1H3. The van der Waals surface area contributed by atoms with Gasteiger partial charge < -0.3 is 4.74 Å². The number of nitrogens with zero attached hydrogens (tertiary/aromatic N) is 1. The number of esters is 1. The van der Waals surface area contributed by atoms with Gasteiger partial charge in [-0.05, 0) is 24.6 Å². The van der Waals surface area contributed by atoms with Gasteiger partial charge in [0.15, 0.2) is 0 Å². The second-order valence-corrected chi connectivity index (χ2v) is 4.20. The van der Waals surface area contributed by atoms with E-state index < -0.39 is 11.9 Å². The van der Waals surface area contributed by atoms with Gasteiger partial charge in [-0.25, -0.2) is 0 Å². The van der Waals surface area contributed by atoms with Crippen molar-refractivity contribution in [1.29, 1.82) is 5.26 Å². The number of hydrogen-bond donors (Lipinski definition) is 0. The van der Waals surface area contributed by atoms with Gasteiger partial charge in [0.1, 0.15) is 0 Å². The number of rotatable bonds is 4. The highest BCUT2D eigenvalue weighted by Gasteiger charge is 2.19. The third kappa shape index (κ3) is 3.92. The summed E-state index contributed by atoms with van der Waals surface area (Å²) in [4.78, 5) is 11.3. The van der Waals surface area contributed by atoms with Gasteiger partial charge >= 0.3 is 5.97 Å². The molecule has 0 fully saturated rings. The van der Waals surface area contributed by atoms with Gasteiger partial charge in [0.05, 0.1) is 25.0 Å². The van der Waals surface area contributed by atoms with Crippen LogP contribution in [0.15, 0.2) is 18.2 Å². The van der Waals surface area contributed by atoms with Gasteiger partial charge in [0.25, 0.3) is 0 Å². The molecule has 0 N–H and O–H groups in total. The van der Waals surface area contributed by atoms with E-state index in [1.165, 1.54) is 0 Å². The molecule has 1 aromatic carbocycles. The number of carbonyl (C=O) groups excluding carboxylic acids is 1. The summed E-state index contributed by atoms with van der Waals surface area (Å²) in [6.07, 6.45) is -0.00824. The van der Waals surface area contributed by atoms with Crippen molar-refractivity contribution in [2.45, 2.75) is 19.3 Å². The van der Waals surface area contributed by atoms with Gasteiger partial charge in [-0.1, -0.05) is 29.3 Å². The second-order valence-electron chi connectivity index (χ2n) is 3.36. The SMILES string of the molecule is CCOC(=O)CC(C#N)c1ccc(Cl)cc1Cl. The molecule has 17 heavy (non-hydrogen) atoms. The van der Waals surface area contributed by atoms with E-state index in [0.29, 0.717) is 22.2 Å². The maximum atomic E-state index is 11.3. The van der Waals surface area contributed by atoms with E-state index in [1.807, 2.05) is 6.07 Å². The molecule has 3 nitrogen and oxygen atoms in total. The molecule has 1 aromatic rings. The first kappa shape index (κ1) is 13.8. The van der Waals surface area contributed by atoms with E-state index in [2.05, 4.69) is 0 Å². The van der Waals surface area contributed by atoms with Crippen LogP contribution in [0.2, 0.25) is 10.0 Å². The Morgan fingerprint density at radius 2 is 2.24 bits per heavy atom. The third-order valence-corrected chi connectivity index (χ3v) is 2.73. The fraction of sp³-hybridized carbons (Fsp3) is 0.333. The fourth-order valence-electron chi connectivity index (χ4n) is 1.40. The average molecular weight is 272 g/mol. The average Bonchev–Trinajstić information content (AvgIpc) is 2.27. The molecule has 0 amide bonds. The van der Waals surface area contributed by atoms with Gasteiger partial charge in [-0.15, -0.1) is 0 Å². The smallest absolute Gasteiger partial charge is 0.307 e. The molecule has 5 heteroatoms. The third-order valence-electron chi connectivity index (χ3n) is 2.17. The van der Waals surface area contributed by atoms with E-state index >= 15 is 0 Å². The first-order chi connectivity index (χ1) is 8.08. The van der Waals surface area contributed by atoms with Crippen LogP contribution < -0.4 is 0 Å². The van der Waals surface area contributed by atoms with Crippen molar-refractivity contribution in [3.8, 4) is 6.07 Å². The highest BCUT2D eigenvalue weighted by atomic mass is 35.5. The van der Waals surface area contributed by atoms with Gasteiger partial charge in [-0.3, -0.25) is 4.79 Å². The monoisotopic (exact) mass is 271 g/mol. The summed E-state index contributed by atoms with van der Waals surface area (Å²) < 4.78 is 4.80. The summed E-state index contributed by atoms with van der Waals surface area (Å²) in [6.45, 7) is 2.01. The van der Waals surface area contributed by atoms with E-state index in [-0.39, 0.29) is 6.42 Å². The molecule has 0 saturated heterocycles. The predicted octanol–water partition coefficient (Wildman–Crippen LogP) is 3.55. The molecule has 0 spiro atoms. The van der Waals surface area contributed by atoms with Crippen LogP contribution in [0.4, 0.5) is 0 Å². The predicted molar refractivity (Wildman–Crippen MR) is 66.1 cm³/mol. The maximum absolute atomic E-state index is 11.3. The summed E-state index contributed by atoms with van der Waals surface area (Å²) in [5.74, 6) is -1.02. The largest absolute Gasteiger partial charge is 0.466 e.